The molecule has 3 aromatic carbocycles. The van der Waals surface area contributed by atoms with Crippen molar-refractivity contribution in [2.45, 2.75) is 0 Å². The van der Waals surface area contributed by atoms with E-state index in [-0.39, 0.29) is 17.3 Å². The Kier molecular flexibility index (Phi) is 5.76. The molecule has 10 heteroatoms. The quantitative estimate of drug-likeness (QED) is 0.291. The Morgan fingerprint density at radius 2 is 1.44 bits per heavy atom. The van der Waals surface area contributed by atoms with E-state index in [9.17, 15) is 10.1 Å². The van der Waals surface area contributed by atoms with Gasteiger partial charge in [-0.05, 0) is 36.4 Å². The molecule has 0 saturated carbocycles. The Balaban J connectivity index is 1.51. The van der Waals surface area contributed by atoms with Gasteiger partial charge in [0, 0.05) is 11.8 Å². The smallest absolute Gasteiger partial charge is 0.355 e. The second-order valence-electron chi connectivity index (χ2n) is 7.28. The minimum absolute atomic E-state index is 0.0350. The molecule has 0 saturated heterocycles. The topological polar surface area (TPSA) is 115 Å². The maximum Gasteiger partial charge on any atom is 0.355 e. The lowest BCUT2D eigenvalue weighted by molar-refractivity contribution is -0.383. The molecule has 0 atom stereocenters. The summed E-state index contributed by atoms with van der Waals surface area (Å²) in [6, 6.07) is 24.1. The average molecular weight is 456 g/mol. The van der Waals surface area contributed by atoms with E-state index in [1.807, 2.05) is 60.7 Å². The zero-order chi connectivity index (χ0) is 23.3. The molecule has 0 radical (unpaired) electrons. The van der Waals surface area contributed by atoms with Gasteiger partial charge >= 0.3 is 5.69 Å². The van der Waals surface area contributed by atoms with E-state index < -0.39 is 4.92 Å². The zero-order valence-corrected chi connectivity index (χ0v) is 17.9. The monoisotopic (exact) mass is 456 g/mol. The number of nitrogens with one attached hydrogen (secondary N) is 2. The lowest BCUT2D eigenvalue weighted by Gasteiger charge is -2.26. The van der Waals surface area contributed by atoms with E-state index in [1.54, 1.807) is 23.2 Å². The molecule has 0 spiro atoms. The second kappa shape index (κ2) is 9.33. The third-order valence-corrected chi connectivity index (χ3v) is 5.06. The molecule has 10 nitrogen and oxygen atoms in total. The van der Waals surface area contributed by atoms with E-state index >= 15 is 0 Å². The minimum Gasteiger partial charge on any atom is -0.486 e. The van der Waals surface area contributed by atoms with Gasteiger partial charge in [-0.2, -0.15) is 0 Å². The minimum atomic E-state index is -0.517. The van der Waals surface area contributed by atoms with Crippen LogP contribution in [0.4, 0.5) is 34.4 Å². The fourth-order valence-electron chi connectivity index (χ4n) is 3.52. The predicted molar refractivity (Wildman–Crippen MR) is 128 cm³/mol. The van der Waals surface area contributed by atoms with Gasteiger partial charge in [0.05, 0.1) is 16.3 Å². The van der Waals surface area contributed by atoms with Crippen molar-refractivity contribution in [3.63, 3.8) is 0 Å². The predicted octanol–water partition coefficient (Wildman–Crippen LogP) is 5.06. The summed E-state index contributed by atoms with van der Waals surface area (Å²) < 4.78 is 11.1. The van der Waals surface area contributed by atoms with Gasteiger partial charge in [-0.3, -0.25) is 20.5 Å². The van der Waals surface area contributed by atoms with E-state index in [0.29, 0.717) is 30.4 Å². The summed E-state index contributed by atoms with van der Waals surface area (Å²) >= 11 is 0. The first-order valence-electron chi connectivity index (χ1n) is 10.5. The molecule has 2 heterocycles. The van der Waals surface area contributed by atoms with Crippen LogP contribution in [0.1, 0.15) is 0 Å². The molecule has 0 unspecified atom stereocenters. The molecule has 1 aliphatic heterocycles. The molecule has 1 aliphatic rings. The average Bonchev–Trinajstić information content (AvgIpc) is 2.88. The molecule has 1 aromatic heterocycles. The highest BCUT2D eigenvalue weighted by Gasteiger charge is 2.26. The SMILES string of the molecule is O=[N+]([O-])c1c(Nc2ccc3c(c2)OCCO3)ncnc1NN(c1ccccc1)c1ccccc1. The first-order valence-corrected chi connectivity index (χ1v) is 10.5. The molecule has 170 valence electrons. The number of nitro groups is 1. The summed E-state index contributed by atoms with van der Waals surface area (Å²) in [5.41, 5.74) is 4.93. The number of ether oxygens (including phenoxy) is 2. The lowest BCUT2D eigenvalue weighted by Crippen LogP contribution is -2.26. The first kappa shape index (κ1) is 21.0. The van der Waals surface area contributed by atoms with Crippen LogP contribution in [-0.4, -0.2) is 28.1 Å². The van der Waals surface area contributed by atoms with Crippen molar-refractivity contribution in [1.82, 2.24) is 9.97 Å². The number of fused-ring (bicyclic) bond motifs is 1. The van der Waals surface area contributed by atoms with Crippen molar-refractivity contribution in [2.75, 3.05) is 29.0 Å². The van der Waals surface area contributed by atoms with Crippen LogP contribution in [0.3, 0.4) is 0 Å². The van der Waals surface area contributed by atoms with Crippen molar-refractivity contribution in [1.29, 1.82) is 0 Å². The molecular weight excluding hydrogens is 436 g/mol. The Morgan fingerprint density at radius 3 is 2.09 bits per heavy atom. The fraction of sp³-hybridized carbons (Fsp3) is 0.0833. The number of hydrogen-bond acceptors (Lipinski definition) is 9. The van der Waals surface area contributed by atoms with Crippen LogP contribution in [0.2, 0.25) is 0 Å². The Labute approximate surface area is 194 Å². The summed E-state index contributed by atoms with van der Waals surface area (Å²) in [5.74, 6) is 1.26. The third-order valence-electron chi connectivity index (χ3n) is 5.06. The van der Waals surface area contributed by atoms with Crippen molar-refractivity contribution in [3.05, 3.63) is 95.3 Å². The van der Waals surface area contributed by atoms with Crippen LogP contribution in [0, 0.1) is 10.1 Å². The van der Waals surface area contributed by atoms with Crippen LogP contribution >= 0.6 is 0 Å². The highest BCUT2D eigenvalue weighted by Crippen LogP contribution is 2.37. The number of hydrazine groups is 1. The number of anilines is 5. The molecule has 0 amide bonds. The van der Waals surface area contributed by atoms with E-state index in [4.69, 9.17) is 9.47 Å². The van der Waals surface area contributed by atoms with Crippen LogP contribution < -0.4 is 25.2 Å². The van der Waals surface area contributed by atoms with Gasteiger partial charge in [0.1, 0.15) is 19.5 Å². The molecule has 34 heavy (non-hydrogen) atoms. The van der Waals surface area contributed by atoms with Gasteiger partial charge < -0.3 is 14.8 Å². The Hall–Kier alpha value is -4.86. The van der Waals surface area contributed by atoms with E-state index in [0.717, 1.165) is 11.4 Å². The van der Waals surface area contributed by atoms with Crippen molar-refractivity contribution in [2.24, 2.45) is 0 Å². The number of rotatable bonds is 7. The molecule has 0 fully saturated rings. The normalized spacial score (nSPS) is 12.0. The van der Waals surface area contributed by atoms with Gasteiger partial charge in [-0.25, -0.2) is 9.97 Å². The van der Waals surface area contributed by atoms with Gasteiger partial charge in [0.25, 0.3) is 0 Å². The largest absolute Gasteiger partial charge is 0.486 e. The number of nitrogens with zero attached hydrogens (tertiary/aromatic N) is 4. The number of para-hydroxylation sites is 2. The standard InChI is InChI=1S/C24H20N6O4/c31-30(32)22-23(27-17-11-12-20-21(15-17)34-14-13-33-20)25-16-26-24(22)28-29(18-7-3-1-4-8-18)19-9-5-2-6-10-19/h1-12,15-16H,13-14H2,(H2,25,26,27,28). The van der Waals surface area contributed by atoms with Crippen molar-refractivity contribution < 1.29 is 14.4 Å². The summed E-state index contributed by atoms with van der Waals surface area (Å²) in [6.45, 7) is 0.915. The maximum absolute atomic E-state index is 12.1. The van der Waals surface area contributed by atoms with E-state index in [2.05, 4.69) is 20.7 Å². The van der Waals surface area contributed by atoms with Gasteiger partial charge in [-0.15, -0.1) is 0 Å². The molecule has 5 rings (SSSR count). The molecular formula is C24H20N6O4. The summed E-state index contributed by atoms with van der Waals surface area (Å²) in [7, 11) is 0. The fourth-order valence-corrected chi connectivity index (χ4v) is 3.52. The Morgan fingerprint density at radius 1 is 0.824 bits per heavy atom. The van der Waals surface area contributed by atoms with Crippen molar-refractivity contribution in [3.8, 4) is 11.5 Å². The molecule has 0 bridgehead atoms. The Bertz CT molecular complexity index is 1260. The summed E-state index contributed by atoms with van der Waals surface area (Å²) in [5, 5.41) is 16.8. The lowest BCUT2D eigenvalue weighted by atomic mass is 10.2. The molecule has 0 aliphatic carbocycles. The van der Waals surface area contributed by atoms with Gasteiger partial charge in [-0.1, -0.05) is 36.4 Å². The number of aromatic nitrogens is 2. The van der Waals surface area contributed by atoms with Crippen LogP contribution in [0.15, 0.2) is 85.2 Å². The second-order valence-corrected chi connectivity index (χ2v) is 7.28. The number of hydrogen-bond donors (Lipinski definition) is 2. The number of benzene rings is 3. The van der Waals surface area contributed by atoms with Crippen LogP contribution in [-0.2, 0) is 0 Å². The molecule has 4 aromatic rings. The van der Waals surface area contributed by atoms with E-state index in [1.165, 1.54) is 6.33 Å². The summed E-state index contributed by atoms with van der Waals surface area (Å²) in [6.07, 6.45) is 1.27. The summed E-state index contributed by atoms with van der Waals surface area (Å²) in [4.78, 5) is 19.9. The maximum atomic E-state index is 12.1. The third kappa shape index (κ3) is 4.37. The highest BCUT2D eigenvalue weighted by molar-refractivity contribution is 5.77. The van der Waals surface area contributed by atoms with Gasteiger partial charge in [0.2, 0.25) is 11.6 Å². The van der Waals surface area contributed by atoms with Gasteiger partial charge in [0.15, 0.2) is 11.5 Å². The first-order chi connectivity index (χ1) is 16.7. The van der Waals surface area contributed by atoms with Crippen LogP contribution in [0.25, 0.3) is 0 Å². The van der Waals surface area contributed by atoms with Crippen LogP contribution in [0.5, 0.6) is 11.5 Å². The molecule has 2 N–H and O–H groups in total. The highest BCUT2D eigenvalue weighted by atomic mass is 16.6. The van der Waals surface area contributed by atoms with Crippen molar-refractivity contribution >= 4 is 34.4 Å². The zero-order valence-electron chi connectivity index (χ0n) is 17.9.